The predicted molar refractivity (Wildman–Crippen MR) is 71.3 cm³/mol. The van der Waals surface area contributed by atoms with Crippen molar-refractivity contribution in [3.63, 3.8) is 0 Å². The summed E-state index contributed by atoms with van der Waals surface area (Å²) < 4.78 is 0.921. The van der Waals surface area contributed by atoms with E-state index < -0.39 is 0 Å². The van der Waals surface area contributed by atoms with Gasteiger partial charge in [-0.3, -0.25) is 0 Å². The van der Waals surface area contributed by atoms with E-state index in [-0.39, 0.29) is 15.0 Å². The second-order valence-corrected chi connectivity index (χ2v) is 5.24. The Morgan fingerprint density at radius 1 is 1.06 bits per heavy atom. The molecular formula is C14H10N2OSe. The van der Waals surface area contributed by atoms with Gasteiger partial charge in [0.2, 0.25) is 0 Å². The summed E-state index contributed by atoms with van der Waals surface area (Å²) in [4.78, 5) is 2.18. The van der Waals surface area contributed by atoms with Crippen LogP contribution in [0.15, 0.2) is 59.8 Å². The molecule has 3 nitrogen and oxygen atoms in total. The summed E-state index contributed by atoms with van der Waals surface area (Å²) in [6, 6.07) is 17.0. The van der Waals surface area contributed by atoms with Crippen LogP contribution in [0, 0.1) is 10.2 Å². The van der Waals surface area contributed by atoms with Crippen molar-refractivity contribution in [2.75, 3.05) is 0 Å². The molecule has 18 heavy (non-hydrogen) atoms. The van der Waals surface area contributed by atoms with E-state index >= 15 is 0 Å². The minimum atomic E-state index is -0.276. The van der Waals surface area contributed by atoms with E-state index in [0.717, 1.165) is 15.6 Å². The second-order valence-electron chi connectivity index (χ2n) is 3.50. The van der Waals surface area contributed by atoms with Crippen molar-refractivity contribution in [3.8, 4) is 4.97 Å². The molecule has 2 rings (SSSR count). The predicted octanol–water partition coefficient (Wildman–Crippen LogP) is 1.72. The molecule has 0 bridgehead atoms. The fourth-order valence-electron chi connectivity index (χ4n) is 1.66. The topological polar surface area (TPSA) is 56.4 Å². The van der Waals surface area contributed by atoms with Gasteiger partial charge in [-0.15, -0.1) is 0 Å². The number of benzene rings is 2. The molecule has 0 saturated carbocycles. The summed E-state index contributed by atoms with van der Waals surface area (Å²) in [7, 11) is 0. The molecule has 2 aromatic rings. The third-order valence-electron chi connectivity index (χ3n) is 2.45. The monoisotopic (exact) mass is 302 g/mol. The van der Waals surface area contributed by atoms with Gasteiger partial charge in [0.15, 0.2) is 0 Å². The maximum absolute atomic E-state index is 9.24. The Kier molecular flexibility index (Phi) is 4.14. The fourth-order valence-corrected chi connectivity index (χ4v) is 2.75. The first kappa shape index (κ1) is 12.4. The van der Waals surface area contributed by atoms with Crippen molar-refractivity contribution >= 4 is 25.1 Å². The molecule has 4 heteroatoms. The van der Waals surface area contributed by atoms with Gasteiger partial charge in [0.05, 0.1) is 0 Å². The van der Waals surface area contributed by atoms with Crippen LogP contribution in [-0.4, -0.2) is 25.9 Å². The Hall–Kier alpha value is -2.08. The Balaban J connectivity index is 2.51. The first-order chi connectivity index (χ1) is 8.86. The summed E-state index contributed by atoms with van der Waals surface area (Å²) >= 11 is -0.276. The molecule has 0 aliphatic carbocycles. The summed E-state index contributed by atoms with van der Waals surface area (Å²) in [6.07, 6.45) is 0. The van der Waals surface area contributed by atoms with E-state index in [1.54, 1.807) is 0 Å². The van der Waals surface area contributed by atoms with Crippen LogP contribution in [0.25, 0.3) is 0 Å². The summed E-state index contributed by atoms with van der Waals surface area (Å²) in [5, 5.41) is 21.5. The van der Waals surface area contributed by atoms with Crippen LogP contribution in [0.4, 0.5) is 0 Å². The third kappa shape index (κ3) is 2.60. The van der Waals surface area contributed by atoms with Crippen molar-refractivity contribution in [2.45, 2.75) is 0 Å². The van der Waals surface area contributed by atoms with Gasteiger partial charge in [-0.05, 0) is 0 Å². The van der Waals surface area contributed by atoms with E-state index in [1.165, 1.54) is 0 Å². The summed E-state index contributed by atoms with van der Waals surface area (Å²) in [5.41, 5.74) is 2.15. The van der Waals surface area contributed by atoms with E-state index in [1.807, 2.05) is 54.6 Å². The molecule has 0 amide bonds. The van der Waals surface area contributed by atoms with Crippen molar-refractivity contribution in [1.82, 2.24) is 0 Å². The molecule has 0 aliphatic heterocycles. The van der Waals surface area contributed by atoms with Gasteiger partial charge < -0.3 is 0 Å². The standard InChI is InChI=1S/C14H10N2OSe/c15-10-18-13-9-5-4-8-12(13)14(16-17)11-6-2-1-3-7-11/h1-9,17H/b16-14+. The molecule has 0 spiro atoms. The van der Waals surface area contributed by atoms with Crippen LogP contribution in [0.2, 0.25) is 0 Å². The SMILES string of the molecule is N#C[Se]c1ccccc1/C(=N/O)c1ccccc1. The van der Waals surface area contributed by atoms with Crippen LogP contribution in [0.1, 0.15) is 11.1 Å². The molecule has 0 fully saturated rings. The van der Waals surface area contributed by atoms with Crippen molar-refractivity contribution in [2.24, 2.45) is 5.16 Å². The van der Waals surface area contributed by atoms with Crippen LogP contribution in [0.3, 0.4) is 0 Å². The molecule has 0 saturated heterocycles. The number of hydrogen-bond acceptors (Lipinski definition) is 3. The maximum atomic E-state index is 9.24. The Bertz CT molecular complexity index is 603. The molecule has 0 radical (unpaired) electrons. The number of nitrogens with zero attached hydrogens (tertiary/aromatic N) is 2. The molecule has 0 atom stereocenters. The van der Waals surface area contributed by atoms with E-state index in [9.17, 15) is 5.21 Å². The van der Waals surface area contributed by atoms with E-state index in [2.05, 4.69) is 10.1 Å². The molecular weight excluding hydrogens is 291 g/mol. The van der Waals surface area contributed by atoms with Crippen molar-refractivity contribution in [1.29, 1.82) is 5.26 Å². The molecule has 1 N–H and O–H groups in total. The van der Waals surface area contributed by atoms with E-state index in [4.69, 9.17) is 5.26 Å². The van der Waals surface area contributed by atoms with Gasteiger partial charge in [0.1, 0.15) is 0 Å². The van der Waals surface area contributed by atoms with Crippen LogP contribution in [-0.2, 0) is 0 Å². The average Bonchev–Trinajstić information content (AvgIpc) is 2.43. The van der Waals surface area contributed by atoms with Gasteiger partial charge in [-0.2, -0.15) is 0 Å². The van der Waals surface area contributed by atoms with Gasteiger partial charge in [0, 0.05) is 0 Å². The zero-order chi connectivity index (χ0) is 12.8. The van der Waals surface area contributed by atoms with Gasteiger partial charge >= 0.3 is 111 Å². The minimum absolute atomic E-state index is 0.276. The molecule has 0 unspecified atom stereocenters. The van der Waals surface area contributed by atoms with Crippen LogP contribution in [0.5, 0.6) is 0 Å². The fraction of sp³-hybridized carbons (Fsp3) is 0. The number of hydrogen-bond donors (Lipinski definition) is 1. The number of nitriles is 1. The first-order valence-electron chi connectivity index (χ1n) is 5.29. The number of oxime groups is 1. The molecule has 2 aromatic carbocycles. The molecule has 0 heterocycles. The molecule has 0 aliphatic rings. The second kappa shape index (κ2) is 6.02. The third-order valence-corrected chi connectivity index (χ3v) is 3.84. The molecule has 0 aromatic heterocycles. The summed E-state index contributed by atoms with van der Waals surface area (Å²) in [6.45, 7) is 0. The average molecular weight is 301 g/mol. The van der Waals surface area contributed by atoms with Gasteiger partial charge in [0.25, 0.3) is 0 Å². The van der Waals surface area contributed by atoms with Crippen molar-refractivity contribution < 1.29 is 5.21 Å². The first-order valence-corrected chi connectivity index (χ1v) is 7.01. The number of rotatable bonds is 3. The quantitative estimate of drug-likeness (QED) is 0.406. The Morgan fingerprint density at radius 2 is 1.72 bits per heavy atom. The summed E-state index contributed by atoms with van der Waals surface area (Å²) in [5.74, 6) is 0. The molecule has 88 valence electrons. The zero-order valence-corrected chi connectivity index (χ0v) is 11.2. The zero-order valence-electron chi connectivity index (χ0n) is 9.45. The normalized spacial score (nSPS) is 10.9. The van der Waals surface area contributed by atoms with Gasteiger partial charge in [-0.25, -0.2) is 0 Å². The van der Waals surface area contributed by atoms with Crippen LogP contribution < -0.4 is 4.46 Å². The van der Waals surface area contributed by atoms with Gasteiger partial charge in [-0.1, -0.05) is 0 Å². The van der Waals surface area contributed by atoms with E-state index in [0.29, 0.717) is 5.71 Å². The Labute approximate surface area is 112 Å². The van der Waals surface area contributed by atoms with Crippen molar-refractivity contribution in [3.05, 3.63) is 65.7 Å². The Morgan fingerprint density at radius 3 is 2.39 bits per heavy atom. The van der Waals surface area contributed by atoms with Crippen LogP contribution >= 0.6 is 0 Å².